The first-order valence-corrected chi connectivity index (χ1v) is 7.90. The number of pyridine rings is 1. The van der Waals surface area contributed by atoms with E-state index in [-0.39, 0.29) is 17.0 Å². The lowest BCUT2D eigenvalue weighted by atomic mass is 10.1. The fraction of sp³-hybridized carbons (Fsp3) is 0.533. The van der Waals surface area contributed by atoms with Crippen molar-refractivity contribution in [2.45, 2.75) is 31.7 Å². The summed E-state index contributed by atoms with van der Waals surface area (Å²) >= 11 is 5.85. The van der Waals surface area contributed by atoms with E-state index in [1.54, 1.807) is 12.1 Å². The molecule has 120 valence electrons. The van der Waals surface area contributed by atoms with Gasteiger partial charge in [-0.05, 0) is 37.8 Å². The number of likely N-dealkylation sites (tertiary alicyclic amines) is 1. The van der Waals surface area contributed by atoms with Crippen LogP contribution in [-0.2, 0) is 4.79 Å². The summed E-state index contributed by atoms with van der Waals surface area (Å²) < 4.78 is 0. The Morgan fingerprint density at radius 3 is 2.82 bits per heavy atom. The summed E-state index contributed by atoms with van der Waals surface area (Å²) in [5.41, 5.74) is 6.26. The SMILES string of the molecule is NC(CCCNC(=O)c1cccnc1Cl)C(=O)N1CCCC1. The maximum Gasteiger partial charge on any atom is 0.254 e. The van der Waals surface area contributed by atoms with E-state index < -0.39 is 6.04 Å². The number of amides is 2. The maximum absolute atomic E-state index is 12.0. The van der Waals surface area contributed by atoms with Gasteiger partial charge in [0, 0.05) is 25.8 Å². The number of nitrogens with one attached hydrogen (secondary N) is 1. The summed E-state index contributed by atoms with van der Waals surface area (Å²) in [4.78, 5) is 29.6. The number of carbonyl (C=O) groups excluding carboxylic acids is 2. The molecule has 22 heavy (non-hydrogen) atoms. The van der Waals surface area contributed by atoms with Crippen LogP contribution in [0.25, 0.3) is 0 Å². The smallest absolute Gasteiger partial charge is 0.254 e. The average molecular weight is 325 g/mol. The highest BCUT2D eigenvalue weighted by Gasteiger charge is 2.23. The Morgan fingerprint density at radius 1 is 1.41 bits per heavy atom. The van der Waals surface area contributed by atoms with Crippen LogP contribution < -0.4 is 11.1 Å². The molecule has 2 rings (SSSR count). The van der Waals surface area contributed by atoms with Crippen LogP contribution in [0.15, 0.2) is 18.3 Å². The molecule has 1 aromatic rings. The van der Waals surface area contributed by atoms with E-state index in [4.69, 9.17) is 17.3 Å². The van der Waals surface area contributed by atoms with Crippen molar-refractivity contribution in [3.8, 4) is 0 Å². The van der Waals surface area contributed by atoms with Crippen molar-refractivity contribution in [3.05, 3.63) is 29.0 Å². The predicted molar refractivity (Wildman–Crippen MR) is 84.6 cm³/mol. The fourth-order valence-corrected chi connectivity index (χ4v) is 2.68. The molecule has 0 saturated carbocycles. The molecule has 2 amide bonds. The van der Waals surface area contributed by atoms with Gasteiger partial charge in [0.15, 0.2) is 0 Å². The quantitative estimate of drug-likeness (QED) is 0.608. The van der Waals surface area contributed by atoms with Gasteiger partial charge in [-0.25, -0.2) is 4.98 Å². The number of nitrogens with two attached hydrogens (primary N) is 1. The van der Waals surface area contributed by atoms with Crippen LogP contribution in [0, 0.1) is 0 Å². The van der Waals surface area contributed by atoms with Crippen molar-refractivity contribution in [2.24, 2.45) is 5.73 Å². The average Bonchev–Trinajstić information content (AvgIpc) is 3.05. The van der Waals surface area contributed by atoms with E-state index in [2.05, 4.69) is 10.3 Å². The van der Waals surface area contributed by atoms with Crippen LogP contribution in [0.4, 0.5) is 0 Å². The molecular weight excluding hydrogens is 304 g/mol. The van der Waals surface area contributed by atoms with Crippen molar-refractivity contribution in [2.75, 3.05) is 19.6 Å². The normalized spacial score (nSPS) is 15.6. The van der Waals surface area contributed by atoms with E-state index in [0.717, 1.165) is 25.9 Å². The first-order chi connectivity index (χ1) is 10.6. The van der Waals surface area contributed by atoms with Crippen LogP contribution >= 0.6 is 11.6 Å². The van der Waals surface area contributed by atoms with E-state index in [9.17, 15) is 9.59 Å². The summed E-state index contributed by atoms with van der Waals surface area (Å²) in [5.74, 6) is -0.253. The minimum Gasteiger partial charge on any atom is -0.352 e. The van der Waals surface area contributed by atoms with Crippen LogP contribution in [-0.4, -0.2) is 47.4 Å². The van der Waals surface area contributed by atoms with Gasteiger partial charge in [0.05, 0.1) is 11.6 Å². The Balaban J connectivity index is 1.69. The van der Waals surface area contributed by atoms with Gasteiger partial charge >= 0.3 is 0 Å². The van der Waals surface area contributed by atoms with Gasteiger partial charge in [-0.15, -0.1) is 0 Å². The standard InChI is InChI=1S/C15H21ClN4O2/c16-13-11(5-3-7-18-13)14(21)19-8-4-6-12(17)15(22)20-9-1-2-10-20/h3,5,7,12H,1-2,4,6,8-10,17H2,(H,19,21). The number of rotatable bonds is 6. The van der Waals surface area contributed by atoms with Gasteiger partial charge < -0.3 is 16.0 Å². The van der Waals surface area contributed by atoms with Gasteiger partial charge in [0.1, 0.15) is 5.15 Å². The molecule has 0 radical (unpaired) electrons. The third-order valence-electron chi connectivity index (χ3n) is 3.72. The van der Waals surface area contributed by atoms with Crippen LogP contribution in [0.1, 0.15) is 36.0 Å². The minimum absolute atomic E-state index is 0.0131. The molecule has 1 unspecified atom stereocenters. The number of nitrogens with zero attached hydrogens (tertiary/aromatic N) is 2. The Kier molecular flexibility index (Phi) is 6.15. The van der Waals surface area contributed by atoms with Crippen molar-refractivity contribution in [3.63, 3.8) is 0 Å². The molecule has 1 atom stereocenters. The zero-order chi connectivity index (χ0) is 15.9. The van der Waals surface area contributed by atoms with Crippen molar-refractivity contribution >= 4 is 23.4 Å². The molecule has 7 heteroatoms. The summed E-state index contributed by atoms with van der Waals surface area (Å²) in [7, 11) is 0. The van der Waals surface area contributed by atoms with Gasteiger partial charge in [-0.2, -0.15) is 0 Å². The molecule has 0 aliphatic carbocycles. The second-order valence-corrected chi connectivity index (χ2v) is 5.74. The summed E-state index contributed by atoms with van der Waals surface area (Å²) in [6.07, 6.45) is 4.84. The van der Waals surface area contributed by atoms with Crippen LogP contribution in [0.3, 0.4) is 0 Å². The minimum atomic E-state index is -0.489. The highest BCUT2D eigenvalue weighted by atomic mass is 35.5. The summed E-state index contributed by atoms with van der Waals surface area (Å²) in [5, 5.41) is 2.94. The van der Waals surface area contributed by atoms with Gasteiger partial charge in [0.25, 0.3) is 5.91 Å². The maximum atomic E-state index is 12.0. The predicted octanol–water partition coefficient (Wildman–Crippen LogP) is 1.19. The Bertz CT molecular complexity index is 532. The third kappa shape index (κ3) is 4.42. The second-order valence-electron chi connectivity index (χ2n) is 5.38. The molecular formula is C15H21ClN4O2. The molecule has 6 nitrogen and oxygen atoms in total. The molecule has 1 fully saturated rings. The first kappa shape index (κ1) is 16.7. The molecule has 0 aromatic carbocycles. The number of hydrogen-bond acceptors (Lipinski definition) is 4. The topological polar surface area (TPSA) is 88.3 Å². The summed E-state index contributed by atoms with van der Waals surface area (Å²) in [6, 6.07) is 2.79. The summed E-state index contributed by atoms with van der Waals surface area (Å²) in [6.45, 7) is 2.07. The zero-order valence-corrected chi connectivity index (χ0v) is 13.2. The Morgan fingerprint density at radius 2 is 2.14 bits per heavy atom. The van der Waals surface area contributed by atoms with Crippen molar-refractivity contribution in [1.29, 1.82) is 0 Å². The molecule has 1 saturated heterocycles. The number of aromatic nitrogens is 1. The molecule has 1 aliphatic heterocycles. The first-order valence-electron chi connectivity index (χ1n) is 7.52. The number of halogens is 1. The molecule has 1 aromatic heterocycles. The van der Waals surface area contributed by atoms with E-state index >= 15 is 0 Å². The van der Waals surface area contributed by atoms with Crippen molar-refractivity contribution < 1.29 is 9.59 Å². The lowest BCUT2D eigenvalue weighted by Gasteiger charge is -2.20. The van der Waals surface area contributed by atoms with E-state index in [1.165, 1.54) is 6.20 Å². The fourth-order valence-electron chi connectivity index (χ4n) is 2.47. The largest absolute Gasteiger partial charge is 0.352 e. The molecule has 0 spiro atoms. The van der Waals surface area contributed by atoms with E-state index in [0.29, 0.717) is 24.9 Å². The highest BCUT2D eigenvalue weighted by Crippen LogP contribution is 2.12. The van der Waals surface area contributed by atoms with Crippen molar-refractivity contribution in [1.82, 2.24) is 15.2 Å². The lowest BCUT2D eigenvalue weighted by molar-refractivity contribution is -0.131. The van der Waals surface area contributed by atoms with Crippen LogP contribution in [0.5, 0.6) is 0 Å². The Labute approximate surface area is 135 Å². The monoisotopic (exact) mass is 324 g/mol. The molecule has 0 bridgehead atoms. The van der Waals surface area contributed by atoms with E-state index in [1.807, 2.05) is 4.90 Å². The lowest BCUT2D eigenvalue weighted by Crippen LogP contribution is -2.42. The molecule has 1 aliphatic rings. The van der Waals surface area contributed by atoms with Gasteiger partial charge in [-0.3, -0.25) is 9.59 Å². The Hall–Kier alpha value is -1.66. The third-order valence-corrected chi connectivity index (χ3v) is 4.02. The van der Waals surface area contributed by atoms with Crippen LogP contribution in [0.2, 0.25) is 5.15 Å². The second kappa shape index (κ2) is 8.10. The van der Waals surface area contributed by atoms with Gasteiger partial charge in [0.2, 0.25) is 5.91 Å². The van der Waals surface area contributed by atoms with Gasteiger partial charge in [-0.1, -0.05) is 11.6 Å². The number of carbonyl (C=O) groups is 2. The highest BCUT2D eigenvalue weighted by molar-refractivity contribution is 6.32. The molecule has 3 N–H and O–H groups in total. The molecule has 2 heterocycles. The zero-order valence-electron chi connectivity index (χ0n) is 12.4. The number of hydrogen-bond donors (Lipinski definition) is 2.